The van der Waals surface area contributed by atoms with E-state index in [0.29, 0.717) is 25.3 Å². The molecule has 0 aromatic heterocycles. The van der Waals surface area contributed by atoms with Gasteiger partial charge in [0.25, 0.3) is 0 Å². The second kappa shape index (κ2) is 6.83. The number of para-hydroxylation sites is 1. The van der Waals surface area contributed by atoms with Gasteiger partial charge < -0.3 is 15.0 Å². The Bertz CT molecular complexity index is 617. The minimum Gasteiger partial charge on any atom is -0.496 e. The van der Waals surface area contributed by atoms with E-state index in [-0.39, 0.29) is 11.8 Å². The van der Waals surface area contributed by atoms with Crippen LogP contribution in [0.2, 0.25) is 0 Å². The normalized spacial score (nSPS) is 19.7. The standard InChI is InChI=1S/C19H26N2O3/c1-14-7-11-21(12-8-14)18(23)19(9-10-19)17(22)20-13-15-5-3-4-6-16(15)24-2/h3-6,14H,7-13H2,1-2H3,(H,20,22). The Morgan fingerprint density at radius 3 is 2.54 bits per heavy atom. The smallest absolute Gasteiger partial charge is 0.238 e. The molecule has 1 saturated carbocycles. The molecule has 0 spiro atoms. The molecule has 1 aliphatic heterocycles. The van der Waals surface area contributed by atoms with Crippen LogP contribution in [0.15, 0.2) is 24.3 Å². The summed E-state index contributed by atoms with van der Waals surface area (Å²) in [4.78, 5) is 27.3. The summed E-state index contributed by atoms with van der Waals surface area (Å²) in [5.74, 6) is 1.30. The molecule has 1 N–H and O–H groups in total. The number of hydrogen-bond donors (Lipinski definition) is 1. The highest BCUT2D eigenvalue weighted by Crippen LogP contribution is 2.48. The first-order valence-corrected chi connectivity index (χ1v) is 8.76. The van der Waals surface area contributed by atoms with Gasteiger partial charge in [-0.3, -0.25) is 9.59 Å². The van der Waals surface area contributed by atoms with E-state index in [2.05, 4.69) is 12.2 Å². The molecule has 0 atom stereocenters. The Morgan fingerprint density at radius 1 is 1.25 bits per heavy atom. The molecule has 2 fully saturated rings. The number of amides is 2. The lowest BCUT2D eigenvalue weighted by molar-refractivity contribution is -0.145. The number of likely N-dealkylation sites (tertiary alicyclic amines) is 1. The Balaban J connectivity index is 1.61. The Hall–Kier alpha value is -2.04. The number of methoxy groups -OCH3 is 1. The molecule has 0 radical (unpaired) electrons. The fraction of sp³-hybridized carbons (Fsp3) is 0.579. The molecule has 2 amide bonds. The number of nitrogens with one attached hydrogen (secondary N) is 1. The number of benzene rings is 1. The highest BCUT2D eigenvalue weighted by Gasteiger charge is 2.58. The highest BCUT2D eigenvalue weighted by atomic mass is 16.5. The summed E-state index contributed by atoms with van der Waals surface area (Å²) >= 11 is 0. The van der Waals surface area contributed by atoms with Gasteiger partial charge in [-0.2, -0.15) is 0 Å². The second-order valence-corrected chi connectivity index (χ2v) is 7.05. The van der Waals surface area contributed by atoms with Gasteiger partial charge in [-0.15, -0.1) is 0 Å². The summed E-state index contributed by atoms with van der Waals surface area (Å²) in [6.45, 7) is 4.16. The van der Waals surface area contributed by atoms with Crippen LogP contribution in [0, 0.1) is 11.3 Å². The van der Waals surface area contributed by atoms with Crippen molar-refractivity contribution in [2.24, 2.45) is 11.3 Å². The molecular formula is C19H26N2O3. The maximum atomic E-state index is 12.8. The molecule has 1 aromatic rings. The number of carbonyl (C=O) groups excluding carboxylic acids is 2. The average Bonchev–Trinajstić information content (AvgIpc) is 3.42. The SMILES string of the molecule is COc1ccccc1CNC(=O)C1(C(=O)N2CCC(C)CC2)CC1. The summed E-state index contributed by atoms with van der Waals surface area (Å²) in [5.41, 5.74) is 0.103. The Kier molecular flexibility index (Phi) is 4.78. The number of rotatable bonds is 5. The van der Waals surface area contributed by atoms with Crippen LogP contribution in [-0.2, 0) is 16.1 Å². The van der Waals surface area contributed by atoms with E-state index in [1.165, 1.54) is 0 Å². The van der Waals surface area contributed by atoms with Gasteiger partial charge in [0.15, 0.2) is 0 Å². The first kappa shape index (κ1) is 16.8. The predicted octanol–water partition coefficient (Wildman–Crippen LogP) is 2.35. The van der Waals surface area contributed by atoms with Crippen LogP contribution in [0.25, 0.3) is 0 Å². The fourth-order valence-electron chi connectivity index (χ4n) is 3.37. The lowest BCUT2D eigenvalue weighted by Crippen LogP contribution is -2.47. The van der Waals surface area contributed by atoms with Gasteiger partial charge in [0, 0.05) is 25.2 Å². The summed E-state index contributed by atoms with van der Waals surface area (Å²) in [6, 6.07) is 7.60. The van der Waals surface area contributed by atoms with Gasteiger partial charge in [0.1, 0.15) is 11.2 Å². The molecule has 130 valence electrons. The lowest BCUT2D eigenvalue weighted by atomic mass is 9.96. The first-order chi connectivity index (χ1) is 11.6. The summed E-state index contributed by atoms with van der Waals surface area (Å²) in [5, 5.41) is 2.94. The van der Waals surface area contributed by atoms with E-state index in [1.807, 2.05) is 29.2 Å². The molecule has 1 aromatic carbocycles. The highest BCUT2D eigenvalue weighted by molar-refractivity contribution is 6.07. The molecule has 1 aliphatic carbocycles. The zero-order chi connectivity index (χ0) is 17.2. The molecule has 2 aliphatic rings. The average molecular weight is 330 g/mol. The van der Waals surface area contributed by atoms with Crippen LogP contribution >= 0.6 is 0 Å². The number of piperidine rings is 1. The number of carbonyl (C=O) groups is 2. The van der Waals surface area contributed by atoms with Gasteiger partial charge in [-0.1, -0.05) is 25.1 Å². The van der Waals surface area contributed by atoms with Crippen LogP contribution in [0.3, 0.4) is 0 Å². The van der Waals surface area contributed by atoms with Crippen LogP contribution < -0.4 is 10.1 Å². The van der Waals surface area contributed by atoms with Gasteiger partial charge in [0.2, 0.25) is 11.8 Å². The van der Waals surface area contributed by atoms with Crippen molar-refractivity contribution >= 4 is 11.8 Å². The molecular weight excluding hydrogens is 304 g/mol. The lowest BCUT2D eigenvalue weighted by Gasteiger charge is -2.32. The van der Waals surface area contributed by atoms with Crippen molar-refractivity contribution in [3.05, 3.63) is 29.8 Å². The largest absolute Gasteiger partial charge is 0.496 e. The first-order valence-electron chi connectivity index (χ1n) is 8.76. The summed E-state index contributed by atoms with van der Waals surface area (Å²) < 4.78 is 5.31. The third-order valence-corrected chi connectivity index (χ3v) is 5.30. The minimum atomic E-state index is -0.817. The maximum absolute atomic E-state index is 12.8. The van der Waals surface area contributed by atoms with Crippen LogP contribution in [0.4, 0.5) is 0 Å². The molecule has 24 heavy (non-hydrogen) atoms. The van der Waals surface area contributed by atoms with Crippen molar-refractivity contribution in [2.75, 3.05) is 20.2 Å². The third-order valence-electron chi connectivity index (χ3n) is 5.30. The van der Waals surface area contributed by atoms with E-state index in [0.717, 1.165) is 37.2 Å². The second-order valence-electron chi connectivity index (χ2n) is 7.05. The number of nitrogens with zero attached hydrogens (tertiary/aromatic N) is 1. The Morgan fingerprint density at radius 2 is 1.92 bits per heavy atom. The quantitative estimate of drug-likeness (QED) is 0.843. The molecule has 5 nitrogen and oxygen atoms in total. The van der Waals surface area contributed by atoms with Crippen molar-refractivity contribution in [3.63, 3.8) is 0 Å². The van der Waals surface area contributed by atoms with Crippen LogP contribution in [0.1, 0.15) is 38.2 Å². The van der Waals surface area contributed by atoms with Gasteiger partial charge in [-0.25, -0.2) is 0 Å². The van der Waals surface area contributed by atoms with E-state index in [4.69, 9.17) is 4.74 Å². The van der Waals surface area contributed by atoms with Crippen molar-refractivity contribution in [1.82, 2.24) is 10.2 Å². The van der Waals surface area contributed by atoms with E-state index in [1.54, 1.807) is 7.11 Å². The number of ether oxygens (including phenoxy) is 1. The monoisotopic (exact) mass is 330 g/mol. The van der Waals surface area contributed by atoms with Crippen molar-refractivity contribution < 1.29 is 14.3 Å². The van der Waals surface area contributed by atoms with Crippen LogP contribution in [-0.4, -0.2) is 36.9 Å². The minimum absolute atomic E-state index is 0.0203. The zero-order valence-corrected chi connectivity index (χ0v) is 14.5. The van der Waals surface area contributed by atoms with Crippen molar-refractivity contribution in [3.8, 4) is 5.75 Å². The molecule has 0 bridgehead atoms. The number of hydrogen-bond acceptors (Lipinski definition) is 3. The molecule has 0 unspecified atom stereocenters. The molecule has 1 heterocycles. The van der Waals surface area contributed by atoms with Crippen molar-refractivity contribution in [2.45, 2.75) is 39.2 Å². The van der Waals surface area contributed by atoms with E-state index in [9.17, 15) is 9.59 Å². The van der Waals surface area contributed by atoms with Gasteiger partial charge in [-0.05, 0) is 37.7 Å². The summed E-state index contributed by atoms with van der Waals surface area (Å²) in [7, 11) is 1.61. The van der Waals surface area contributed by atoms with Gasteiger partial charge in [0.05, 0.1) is 7.11 Å². The molecule has 5 heteroatoms. The predicted molar refractivity (Wildman–Crippen MR) is 91.5 cm³/mol. The Labute approximate surface area is 143 Å². The third kappa shape index (κ3) is 3.25. The molecule has 3 rings (SSSR count). The van der Waals surface area contributed by atoms with E-state index < -0.39 is 5.41 Å². The maximum Gasteiger partial charge on any atom is 0.238 e. The van der Waals surface area contributed by atoms with E-state index >= 15 is 0 Å². The topological polar surface area (TPSA) is 58.6 Å². The summed E-state index contributed by atoms with van der Waals surface area (Å²) in [6.07, 6.45) is 3.39. The van der Waals surface area contributed by atoms with Crippen LogP contribution in [0.5, 0.6) is 5.75 Å². The fourth-order valence-corrected chi connectivity index (χ4v) is 3.37. The van der Waals surface area contributed by atoms with Gasteiger partial charge >= 0.3 is 0 Å². The van der Waals surface area contributed by atoms with Crippen molar-refractivity contribution in [1.29, 1.82) is 0 Å². The molecule has 1 saturated heterocycles. The zero-order valence-electron chi connectivity index (χ0n) is 14.5.